The van der Waals surface area contributed by atoms with Gasteiger partial charge >= 0.3 is 8.56 Å². The van der Waals surface area contributed by atoms with Crippen molar-refractivity contribution in [2.24, 2.45) is 0 Å². The summed E-state index contributed by atoms with van der Waals surface area (Å²) in [5.74, 6) is 0. The fraction of sp³-hybridized carbons (Fsp3) is 1.00. The smallest absolute Gasteiger partial charge is 0.338 e. The molecule has 0 N–H and O–H groups in total. The van der Waals surface area contributed by atoms with Crippen molar-refractivity contribution in [3.8, 4) is 0 Å². The lowest BCUT2D eigenvalue weighted by Gasteiger charge is -2.30. The summed E-state index contributed by atoms with van der Waals surface area (Å²) < 4.78 is 12.4. The molecule has 0 spiro atoms. The number of rotatable bonds is 16. The summed E-state index contributed by atoms with van der Waals surface area (Å²) in [5, 5.41) is 0. The van der Waals surface area contributed by atoms with Gasteiger partial charge in [0.1, 0.15) is 0 Å². The molecule has 0 aromatic rings. The number of unbranched alkanes of at least 4 members (excludes halogenated alkanes) is 8. The van der Waals surface area contributed by atoms with Crippen LogP contribution in [0.1, 0.15) is 91.9 Å². The van der Waals surface area contributed by atoms with Crippen molar-refractivity contribution in [1.82, 2.24) is 0 Å². The first-order valence-electron chi connectivity index (χ1n) is 9.52. The van der Waals surface area contributed by atoms with E-state index in [1.165, 1.54) is 76.3 Å². The second-order valence-electron chi connectivity index (χ2n) is 6.11. The van der Waals surface area contributed by atoms with Crippen molar-refractivity contribution in [2.75, 3.05) is 13.2 Å². The molecule has 0 saturated heterocycles. The maximum absolute atomic E-state index is 6.19. The molecular weight excluding hydrogens is 276 g/mol. The number of hydrogen-bond acceptors (Lipinski definition) is 2. The summed E-state index contributed by atoms with van der Waals surface area (Å²) in [6.45, 7) is 10.4. The van der Waals surface area contributed by atoms with E-state index in [0.717, 1.165) is 13.2 Å². The molecule has 3 heteroatoms. The first-order chi connectivity index (χ1) is 10.2. The number of hydrogen-bond donors (Lipinski definition) is 0. The summed E-state index contributed by atoms with van der Waals surface area (Å²) in [5.41, 5.74) is 0. The molecule has 0 aromatic heterocycles. The van der Waals surface area contributed by atoms with Crippen LogP contribution in [-0.2, 0) is 8.85 Å². The monoisotopic (exact) mass is 316 g/mol. The summed E-state index contributed by atoms with van der Waals surface area (Å²) in [7, 11) is -1.91. The minimum absolute atomic E-state index is 0.815. The van der Waals surface area contributed by atoms with Crippen molar-refractivity contribution < 1.29 is 8.85 Å². The third kappa shape index (κ3) is 11.4. The van der Waals surface area contributed by atoms with Gasteiger partial charge in [0.2, 0.25) is 0 Å². The summed E-state index contributed by atoms with van der Waals surface area (Å²) >= 11 is 0. The molecule has 0 bridgehead atoms. The quantitative estimate of drug-likeness (QED) is 0.241. The summed E-state index contributed by atoms with van der Waals surface area (Å²) in [6, 6.07) is 2.40. The van der Waals surface area contributed by atoms with Crippen LogP contribution in [0.2, 0.25) is 12.1 Å². The topological polar surface area (TPSA) is 18.5 Å². The van der Waals surface area contributed by atoms with Crippen LogP contribution < -0.4 is 0 Å². The van der Waals surface area contributed by atoms with Gasteiger partial charge in [0.15, 0.2) is 0 Å². The average Bonchev–Trinajstić information content (AvgIpc) is 2.48. The highest BCUT2D eigenvalue weighted by Gasteiger charge is 2.35. The molecule has 0 radical (unpaired) electrons. The Morgan fingerprint density at radius 3 is 1.33 bits per heavy atom. The van der Waals surface area contributed by atoms with Crippen LogP contribution >= 0.6 is 0 Å². The van der Waals surface area contributed by atoms with Crippen LogP contribution in [0.5, 0.6) is 0 Å². The molecule has 0 aromatic carbocycles. The van der Waals surface area contributed by atoms with Gasteiger partial charge in [-0.15, -0.1) is 0 Å². The predicted octanol–water partition coefficient (Wildman–Crippen LogP) is 6.44. The van der Waals surface area contributed by atoms with E-state index in [2.05, 4.69) is 27.7 Å². The molecule has 0 amide bonds. The van der Waals surface area contributed by atoms with Gasteiger partial charge in [-0.1, -0.05) is 78.1 Å². The predicted molar refractivity (Wildman–Crippen MR) is 96.1 cm³/mol. The largest absolute Gasteiger partial charge is 0.394 e. The van der Waals surface area contributed by atoms with Crippen molar-refractivity contribution >= 4 is 8.56 Å². The van der Waals surface area contributed by atoms with Gasteiger partial charge in [0.05, 0.1) is 0 Å². The van der Waals surface area contributed by atoms with Crippen LogP contribution in [0.15, 0.2) is 0 Å². The van der Waals surface area contributed by atoms with Gasteiger partial charge in [0.25, 0.3) is 0 Å². The fourth-order valence-electron chi connectivity index (χ4n) is 2.98. The zero-order valence-electron chi connectivity index (χ0n) is 15.2. The Bertz CT molecular complexity index is 203. The zero-order chi connectivity index (χ0) is 15.8. The third-order valence-electron chi connectivity index (χ3n) is 4.14. The third-order valence-corrected chi connectivity index (χ3v) is 8.00. The molecule has 0 aliphatic rings. The lowest BCUT2D eigenvalue weighted by molar-refractivity contribution is 0.180. The SMILES string of the molecule is CCCCCCCC[Si](CCCCCC)(OCC)OCC. The fourth-order valence-corrected chi connectivity index (χ4v) is 6.52. The van der Waals surface area contributed by atoms with E-state index < -0.39 is 8.56 Å². The molecule has 2 nitrogen and oxygen atoms in total. The van der Waals surface area contributed by atoms with Gasteiger partial charge in [-0.2, -0.15) is 0 Å². The Labute approximate surface area is 135 Å². The second-order valence-corrected chi connectivity index (χ2v) is 9.50. The van der Waals surface area contributed by atoms with Crippen LogP contribution in [0.4, 0.5) is 0 Å². The van der Waals surface area contributed by atoms with E-state index >= 15 is 0 Å². The minimum atomic E-state index is -1.91. The molecule has 0 rings (SSSR count). The van der Waals surface area contributed by atoms with E-state index in [1.807, 2.05) is 0 Å². The molecule has 128 valence electrons. The highest BCUT2D eigenvalue weighted by atomic mass is 28.4. The Kier molecular flexibility index (Phi) is 15.1. The van der Waals surface area contributed by atoms with Gasteiger partial charge in [-0.3, -0.25) is 0 Å². The molecule has 0 unspecified atom stereocenters. The standard InChI is InChI=1S/C18H40O2Si/c1-5-9-11-13-14-16-18-21(19-7-3,20-8-4)17-15-12-10-6-2/h5-18H2,1-4H3. The molecule has 0 aliphatic heterocycles. The summed E-state index contributed by atoms with van der Waals surface area (Å²) in [4.78, 5) is 0. The molecule has 0 aliphatic carbocycles. The molecular formula is C18H40O2Si. The van der Waals surface area contributed by atoms with Crippen LogP contribution in [0.3, 0.4) is 0 Å². The van der Waals surface area contributed by atoms with Crippen LogP contribution in [0, 0.1) is 0 Å². The van der Waals surface area contributed by atoms with Crippen LogP contribution in [-0.4, -0.2) is 21.8 Å². The zero-order valence-corrected chi connectivity index (χ0v) is 16.2. The van der Waals surface area contributed by atoms with E-state index in [4.69, 9.17) is 8.85 Å². The Balaban J connectivity index is 4.14. The highest BCUT2D eigenvalue weighted by Crippen LogP contribution is 2.26. The van der Waals surface area contributed by atoms with Crippen molar-refractivity contribution in [3.05, 3.63) is 0 Å². The van der Waals surface area contributed by atoms with Crippen molar-refractivity contribution in [3.63, 3.8) is 0 Å². The Morgan fingerprint density at radius 2 is 0.905 bits per heavy atom. The van der Waals surface area contributed by atoms with Gasteiger partial charge in [-0.25, -0.2) is 0 Å². The molecule has 0 fully saturated rings. The minimum Gasteiger partial charge on any atom is -0.394 e. The average molecular weight is 317 g/mol. The Morgan fingerprint density at radius 1 is 0.524 bits per heavy atom. The molecule has 0 saturated carbocycles. The maximum Gasteiger partial charge on any atom is 0.338 e. The molecule has 0 atom stereocenters. The van der Waals surface area contributed by atoms with E-state index in [9.17, 15) is 0 Å². The van der Waals surface area contributed by atoms with E-state index in [0.29, 0.717) is 0 Å². The van der Waals surface area contributed by atoms with Crippen LogP contribution in [0.25, 0.3) is 0 Å². The first-order valence-corrected chi connectivity index (χ1v) is 11.8. The van der Waals surface area contributed by atoms with Gasteiger partial charge < -0.3 is 8.85 Å². The maximum atomic E-state index is 6.19. The lowest BCUT2D eigenvalue weighted by Crippen LogP contribution is -2.42. The van der Waals surface area contributed by atoms with Crippen molar-refractivity contribution in [1.29, 1.82) is 0 Å². The highest BCUT2D eigenvalue weighted by molar-refractivity contribution is 6.67. The molecule has 0 heterocycles. The summed E-state index contributed by atoms with van der Waals surface area (Å²) in [6.07, 6.45) is 13.4. The van der Waals surface area contributed by atoms with Gasteiger partial charge in [-0.05, 0) is 25.9 Å². The first kappa shape index (κ1) is 21.1. The molecule has 21 heavy (non-hydrogen) atoms. The van der Waals surface area contributed by atoms with E-state index in [1.54, 1.807) is 0 Å². The second kappa shape index (κ2) is 15.0. The van der Waals surface area contributed by atoms with E-state index in [-0.39, 0.29) is 0 Å². The van der Waals surface area contributed by atoms with Crippen molar-refractivity contribution in [2.45, 2.75) is 104 Å². The Hall–Kier alpha value is 0.137. The van der Waals surface area contributed by atoms with Gasteiger partial charge in [0, 0.05) is 13.2 Å². The lowest BCUT2D eigenvalue weighted by atomic mass is 10.1. The normalized spacial score (nSPS) is 12.0.